The first kappa shape index (κ1) is 19.1. The summed E-state index contributed by atoms with van der Waals surface area (Å²) >= 11 is 6.94. The lowest BCUT2D eigenvalue weighted by Crippen LogP contribution is -2.01. The highest BCUT2D eigenvalue weighted by molar-refractivity contribution is 14.1. The molecule has 0 aliphatic carbocycles. The van der Waals surface area contributed by atoms with E-state index < -0.39 is 0 Å². The quantitative estimate of drug-likeness (QED) is 0.237. The molecule has 2 aromatic carbocycles. The zero-order valence-corrected chi connectivity index (χ0v) is 19.3. The molecule has 122 valence electrons. The van der Waals surface area contributed by atoms with Crippen molar-refractivity contribution in [1.29, 1.82) is 0 Å². The summed E-state index contributed by atoms with van der Waals surface area (Å²) in [4.78, 5) is 0. The second-order valence-corrected chi connectivity index (χ2v) is 7.76. The van der Waals surface area contributed by atoms with E-state index >= 15 is 0 Å². The van der Waals surface area contributed by atoms with Gasteiger partial charge in [-0.1, -0.05) is 24.3 Å². The third-order valence-electron chi connectivity index (χ3n) is 3.24. The molecular formula is C17H15I3O3. The van der Waals surface area contributed by atoms with Gasteiger partial charge in [0.15, 0.2) is 11.5 Å². The maximum Gasteiger partial charge on any atom is 0.176 e. The van der Waals surface area contributed by atoms with Gasteiger partial charge in [0.1, 0.15) is 5.75 Å². The zero-order valence-electron chi connectivity index (χ0n) is 12.8. The smallest absolute Gasteiger partial charge is 0.176 e. The lowest BCUT2D eigenvalue weighted by Gasteiger charge is -2.16. The topological polar surface area (TPSA) is 27.7 Å². The van der Waals surface area contributed by atoms with Gasteiger partial charge in [-0.15, -0.1) is 0 Å². The molecule has 0 fully saturated rings. The van der Waals surface area contributed by atoms with Gasteiger partial charge in [-0.25, -0.2) is 0 Å². The average Bonchev–Trinajstić information content (AvgIpc) is 2.58. The van der Waals surface area contributed by atoms with Gasteiger partial charge in [-0.2, -0.15) is 0 Å². The van der Waals surface area contributed by atoms with Crippen molar-refractivity contribution in [1.82, 2.24) is 0 Å². The van der Waals surface area contributed by atoms with E-state index in [9.17, 15) is 0 Å². The Morgan fingerprint density at radius 1 is 0.696 bits per heavy atom. The van der Waals surface area contributed by atoms with Crippen LogP contribution in [-0.4, -0.2) is 21.3 Å². The lowest BCUT2D eigenvalue weighted by atomic mass is 10.1. The van der Waals surface area contributed by atoms with E-state index in [4.69, 9.17) is 14.2 Å². The van der Waals surface area contributed by atoms with Crippen LogP contribution in [0.3, 0.4) is 0 Å². The molecule has 0 bridgehead atoms. The van der Waals surface area contributed by atoms with E-state index in [2.05, 4.69) is 79.9 Å². The summed E-state index contributed by atoms with van der Waals surface area (Å²) in [5, 5.41) is 0. The number of hydrogen-bond donors (Lipinski definition) is 0. The maximum absolute atomic E-state index is 5.53. The molecule has 2 aromatic rings. The minimum Gasteiger partial charge on any atom is -0.497 e. The molecule has 23 heavy (non-hydrogen) atoms. The van der Waals surface area contributed by atoms with Crippen LogP contribution in [0.5, 0.6) is 17.2 Å². The highest BCUT2D eigenvalue weighted by atomic mass is 127. The minimum absolute atomic E-state index is 0.771. The van der Waals surface area contributed by atoms with Crippen molar-refractivity contribution < 1.29 is 14.2 Å². The van der Waals surface area contributed by atoms with Crippen molar-refractivity contribution in [2.45, 2.75) is 0 Å². The molecule has 0 aliphatic heterocycles. The summed E-state index contributed by atoms with van der Waals surface area (Å²) in [7, 11) is 5.00. The standard InChI is InChI=1S/C17H15I3O3/c1-21-11-7-4-10(5-8-11)6-9-12-13(18)15(20)17(23-3)16(22-2)14(12)19/h4-9H,1-3H3/b9-6-. The van der Waals surface area contributed by atoms with Crippen molar-refractivity contribution in [2.75, 3.05) is 21.3 Å². The van der Waals surface area contributed by atoms with E-state index in [1.165, 1.54) is 0 Å². The van der Waals surface area contributed by atoms with Gasteiger partial charge in [0.25, 0.3) is 0 Å². The summed E-state index contributed by atoms with van der Waals surface area (Å²) in [6.07, 6.45) is 4.19. The molecule has 0 amide bonds. The zero-order chi connectivity index (χ0) is 17.0. The number of halogens is 3. The summed E-state index contributed by atoms with van der Waals surface area (Å²) in [6.45, 7) is 0. The molecule has 0 radical (unpaired) electrons. The molecule has 0 spiro atoms. The van der Waals surface area contributed by atoms with Crippen molar-refractivity contribution >= 4 is 79.9 Å². The molecule has 0 aliphatic rings. The van der Waals surface area contributed by atoms with Crippen LogP contribution in [0.4, 0.5) is 0 Å². The van der Waals surface area contributed by atoms with Gasteiger partial charge in [0, 0.05) is 9.13 Å². The monoisotopic (exact) mass is 648 g/mol. The highest BCUT2D eigenvalue weighted by Gasteiger charge is 2.20. The van der Waals surface area contributed by atoms with E-state index in [1.807, 2.05) is 24.3 Å². The molecule has 0 N–H and O–H groups in total. The third-order valence-corrected chi connectivity index (χ3v) is 7.49. The Morgan fingerprint density at radius 2 is 1.26 bits per heavy atom. The SMILES string of the molecule is COc1ccc(/C=C\c2c(I)c(I)c(OC)c(OC)c2I)cc1. The van der Waals surface area contributed by atoms with Crippen molar-refractivity contribution in [3.05, 3.63) is 46.1 Å². The Morgan fingerprint density at radius 3 is 1.78 bits per heavy atom. The third kappa shape index (κ3) is 4.25. The van der Waals surface area contributed by atoms with Crippen molar-refractivity contribution in [3.63, 3.8) is 0 Å². The van der Waals surface area contributed by atoms with Gasteiger partial charge < -0.3 is 14.2 Å². The average molecular weight is 648 g/mol. The predicted molar refractivity (Wildman–Crippen MR) is 120 cm³/mol. The summed E-state index contributed by atoms with van der Waals surface area (Å²) in [6, 6.07) is 7.96. The number of benzene rings is 2. The largest absolute Gasteiger partial charge is 0.497 e. The molecule has 0 saturated carbocycles. The molecule has 2 rings (SSSR count). The van der Waals surface area contributed by atoms with E-state index in [0.29, 0.717) is 0 Å². The molecule has 0 unspecified atom stereocenters. The molecule has 3 nitrogen and oxygen atoms in total. The fourth-order valence-electron chi connectivity index (χ4n) is 2.04. The predicted octanol–water partition coefficient (Wildman–Crippen LogP) is 5.70. The number of methoxy groups -OCH3 is 3. The molecule has 6 heteroatoms. The van der Waals surface area contributed by atoms with E-state index in [-0.39, 0.29) is 0 Å². The van der Waals surface area contributed by atoms with Crippen LogP contribution in [0.25, 0.3) is 12.2 Å². The molecule has 0 heterocycles. The van der Waals surface area contributed by atoms with Gasteiger partial charge in [0.05, 0.1) is 28.5 Å². The Hall–Kier alpha value is -0.230. The summed E-state index contributed by atoms with van der Waals surface area (Å²) in [5.74, 6) is 2.41. The molecule has 0 aromatic heterocycles. The van der Waals surface area contributed by atoms with Gasteiger partial charge in [-0.3, -0.25) is 0 Å². The van der Waals surface area contributed by atoms with Crippen LogP contribution in [0.15, 0.2) is 24.3 Å². The van der Waals surface area contributed by atoms with Crippen molar-refractivity contribution in [2.24, 2.45) is 0 Å². The Balaban J connectivity index is 2.46. The second kappa shape index (κ2) is 8.75. The highest BCUT2D eigenvalue weighted by Crippen LogP contribution is 2.42. The van der Waals surface area contributed by atoms with Crippen LogP contribution >= 0.6 is 67.8 Å². The summed E-state index contributed by atoms with van der Waals surface area (Å²) < 4.78 is 19.5. The van der Waals surface area contributed by atoms with Gasteiger partial charge in [-0.05, 0) is 85.5 Å². The number of rotatable bonds is 5. The fraction of sp³-hybridized carbons (Fsp3) is 0.176. The Kier molecular flexibility index (Phi) is 7.26. The lowest BCUT2D eigenvalue weighted by molar-refractivity contribution is 0.350. The Bertz CT molecular complexity index is 725. The van der Waals surface area contributed by atoms with E-state index in [0.717, 1.165) is 39.1 Å². The number of hydrogen-bond acceptors (Lipinski definition) is 3. The normalized spacial score (nSPS) is 10.9. The van der Waals surface area contributed by atoms with Crippen LogP contribution in [0.1, 0.15) is 11.1 Å². The Labute approximate surface area is 177 Å². The van der Waals surface area contributed by atoms with Crippen LogP contribution in [-0.2, 0) is 0 Å². The van der Waals surface area contributed by atoms with Crippen LogP contribution in [0, 0.1) is 10.7 Å². The second-order valence-electron chi connectivity index (χ2n) is 4.53. The molecule has 0 saturated heterocycles. The first-order chi connectivity index (χ1) is 11.0. The van der Waals surface area contributed by atoms with Crippen molar-refractivity contribution in [3.8, 4) is 17.2 Å². The van der Waals surface area contributed by atoms with Crippen LogP contribution in [0.2, 0.25) is 0 Å². The minimum atomic E-state index is 0.771. The summed E-state index contributed by atoms with van der Waals surface area (Å²) in [5.41, 5.74) is 2.24. The number of ether oxygens (including phenoxy) is 3. The van der Waals surface area contributed by atoms with E-state index in [1.54, 1.807) is 21.3 Å². The molecule has 0 atom stereocenters. The molecular weight excluding hydrogens is 633 g/mol. The van der Waals surface area contributed by atoms with Gasteiger partial charge >= 0.3 is 0 Å². The van der Waals surface area contributed by atoms with Crippen LogP contribution < -0.4 is 14.2 Å². The maximum atomic E-state index is 5.53. The fourth-order valence-corrected chi connectivity index (χ4v) is 4.92. The first-order valence-corrected chi connectivity index (χ1v) is 9.87. The van der Waals surface area contributed by atoms with Gasteiger partial charge in [0.2, 0.25) is 0 Å². The first-order valence-electron chi connectivity index (χ1n) is 6.64.